The van der Waals surface area contributed by atoms with E-state index in [-0.39, 0.29) is 17.4 Å². The minimum Gasteiger partial charge on any atom is -0.391 e. The van der Waals surface area contributed by atoms with Crippen LogP contribution in [0.5, 0.6) is 0 Å². The molecule has 1 saturated carbocycles. The molecule has 1 aliphatic rings. The van der Waals surface area contributed by atoms with Crippen LogP contribution in [-0.4, -0.2) is 29.2 Å². The zero-order valence-corrected chi connectivity index (χ0v) is 9.79. The molecule has 0 aliphatic heterocycles. The lowest BCUT2D eigenvalue weighted by Crippen LogP contribution is -2.52. The molecule has 4 N–H and O–H groups in total. The summed E-state index contributed by atoms with van der Waals surface area (Å²) < 4.78 is 0. The van der Waals surface area contributed by atoms with Crippen LogP contribution in [0.4, 0.5) is 0 Å². The van der Waals surface area contributed by atoms with Gasteiger partial charge in [-0.3, -0.25) is 4.79 Å². The lowest BCUT2D eigenvalue weighted by molar-refractivity contribution is -0.125. The normalized spacial score (nSPS) is 28.9. The molecule has 1 aliphatic carbocycles. The number of rotatable bonds is 2. The maximum atomic E-state index is 11.7. The third-order valence-corrected chi connectivity index (χ3v) is 3.02. The molecular weight excluding hydrogens is 192 g/mol. The molecule has 0 saturated heterocycles. The minimum atomic E-state index is -0.523. The van der Waals surface area contributed by atoms with Crippen LogP contribution in [0.1, 0.15) is 40.0 Å². The van der Waals surface area contributed by atoms with E-state index in [4.69, 9.17) is 5.73 Å². The van der Waals surface area contributed by atoms with Gasteiger partial charge in [0.25, 0.3) is 0 Å². The highest BCUT2D eigenvalue weighted by molar-refractivity contribution is 5.82. The van der Waals surface area contributed by atoms with Gasteiger partial charge in [-0.25, -0.2) is 0 Å². The van der Waals surface area contributed by atoms with Crippen molar-refractivity contribution in [2.75, 3.05) is 0 Å². The van der Waals surface area contributed by atoms with Crippen LogP contribution < -0.4 is 11.1 Å². The highest BCUT2D eigenvalue weighted by Gasteiger charge is 2.32. The van der Waals surface area contributed by atoms with Crippen LogP contribution in [0.25, 0.3) is 0 Å². The van der Waals surface area contributed by atoms with Crippen LogP contribution in [0.3, 0.4) is 0 Å². The van der Waals surface area contributed by atoms with Gasteiger partial charge < -0.3 is 16.2 Å². The number of nitrogens with two attached hydrogens (primary N) is 1. The number of carbonyl (C=O) groups is 1. The summed E-state index contributed by atoms with van der Waals surface area (Å²) in [6, 6.07) is -0.629. The first-order valence-corrected chi connectivity index (χ1v) is 5.56. The second kappa shape index (κ2) is 4.49. The Kier molecular flexibility index (Phi) is 3.73. The number of amides is 1. The van der Waals surface area contributed by atoms with Crippen LogP contribution in [0, 0.1) is 5.41 Å². The van der Waals surface area contributed by atoms with E-state index >= 15 is 0 Å². The number of hydrogen-bond acceptors (Lipinski definition) is 3. The predicted molar refractivity (Wildman–Crippen MR) is 59.2 cm³/mol. The topological polar surface area (TPSA) is 75.4 Å². The Balaban J connectivity index is 2.48. The lowest BCUT2D eigenvalue weighted by atomic mass is 9.87. The highest BCUT2D eigenvalue weighted by atomic mass is 16.3. The molecule has 1 amide bonds. The zero-order valence-electron chi connectivity index (χ0n) is 9.79. The summed E-state index contributed by atoms with van der Waals surface area (Å²) in [4.78, 5) is 11.7. The Morgan fingerprint density at radius 1 is 1.47 bits per heavy atom. The van der Waals surface area contributed by atoms with Gasteiger partial charge in [-0.1, -0.05) is 20.8 Å². The van der Waals surface area contributed by atoms with E-state index in [1.165, 1.54) is 0 Å². The number of aliphatic hydroxyl groups is 1. The number of carbonyl (C=O) groups excluding carboxylic acids is 1. The Hall–Kier alpha value is -0.610. The lowest BCUT2D eigenvalue weighted by Gasteiger charge is -2.28. The van der Waals surface area contributed by atoms with Crippen molar-refractivity contribution >= 4 is 5.91 Å². The fraction of sp³-hybridized carbons (Fsp3) is 0.909. The predicted octanol–water partition coefficient (Wildman–Crippen LogP) is 0.389. The standard InChI is InChI=1S/C11H22N2O2/c1-11(2,3)9(12)10(15)13-7-5-4-6-8(7)14/h7-9,14H,4-6,12H2,1-3H3,(H,13,15). The van der Waals surface area contributed by atoms with Gasteiger partial charge in [-0.2, -0.15) is 0 Å². The third kappa shape index (κ3) is 3.18. The van der Waals surface area contributed by atoms with Gasteiger partial charge in [0, 0.05) is 0 Å². The first-order chi connectivity index (χ1) is 6.82. The SMILES string of the molecule is CC(C)(C)C(N)C(=O)NC1CCCC1O. The van der Waals surface area contributed by atoms with E-state index in [1.54, 1.807) is 0 Å². The van der Waals surface area contributed by atoms with Crippen molar-refractivity contribution in [2.24, 2.45) is 11.1 Å². The van der Waals surface area contributed by atoms with E-state index in [1.807, 2.05) is 20.8 Å². The van der Waals surface area contributed by atoms with Gasteiger partial charge in [0.05, 0.1) is 18.2 Å². The second-order valence-electron chi connectivity index (χ2n) is 5.46. The molecule has 15 heavy (non-hydrogen) atoms. The highest BCUT2D eigenvalue weighted by Crippen LogP contribution is 2.21. The average molecular weight is 214 g/mol. The van der Waals surface area contributed by atoms with Gasteiger partial charge in [-0.05, 0) is 24.7 Å². The summed E-state index contributed by atoms with van der Waals surface area (Å²) in [6.07, 6.45) is 2.19. The molecule has 3 atom stereocenters. The molecule has 3 unspecified atom stereocenters. The maximum absolute atomic E-state index is 11.7. The molecule has 1 fully saturated rings. The van der Waals surface area contributed by atoms with Crippen molar-refractivity contribution in [3.05, 3.63) is 0 Å². The molecule has 0 aromatic heterocycles. The van der Waals surface area contributed by atoms with E-state index in [9.17, 15) is 9.90 Å². The quantitative estimate of drug-likeness (QED) is 0.622. The van der Waals surface area contributed by atoms with Crippen LogP contribution in [0.15, 0.2) is 0 Å². The van der Waals surface area contributed by atoms with Crippen molar-refractivity contribution in [3.8, 4) is 0 Å². The summed E-state index contributed by atoms with van der Waals surface area (Å²) in [5.41, 5.74) is 5.58. The first kappa shape index (κ1) is 12.5. The largest absolute Gasteiger partial charge is 0.391 e. The number of aliphatic hydroxyl groups excluding tert-OH is 1. The smallest absolute Gasteiger partial charge is 0.237 e. The summed E-state index contributed by atoms with van der Waals surface area (Å²) in [5, 5.41) is 12.4. The van der Waals surface area contributed by atoms with Crippen molar-refractivity contribution in [3.63, 3.8) is 0 Å². The second-order valence-corrected chi connectivity index (χ2v) is 5.46. The zero-order chi connectivity index (χ0) is 11.6. The van der Waals surface area contributed by atoms with Gasteiger partial charge in [0.15, 0.2) is 0 Å². The molecule has 0 heterocycles. The fourth-order valence-corrected chi connectivity index (χ4v) is 1.77. The third-order valence-electron chi connectivity index (χ3n) is 3.02. The van der Waals surface area contributed by atoms with E-state index in [0.29, 0.717) is 0 Å². The summed E-state index contributed by atoms with van der Waals surface area (Å²) in [7, 11) is 0. The van der Waals surface area contributed by atoms with Gasteiger partial charge in [0.1, 0.15) is 0 Å². The number of hydrogen-bond donors (Lipinski definition) is 3. The molecule has 88 valence electrons. The van der Waals surface area contributed by atoms with Crippen molar-refractivity contribution in [1.29, 1.82) is 0 Å². The van der Waals surface area contributed by atoms with Crippen molar-refractivity contribution in [1.82, 2.24) is 5.32 Å². The molecule has 1 rings (SSSR count). The molecule has 0 bridgehead atoms. The maximum Gasteiger partial charge on any atom is 0.237 e. The van der Waals surface area contributed by atoms with Crippen molar-refractivity contribution in [2.45, 2.75) is 58.2 Å². The van der Waals surface area contributed by atoms with E-state index < -0.39 is 12.1 Å². The van der Waals surface area contributed by atoms with Gasteiger partial charge >= 0.3 is 0 Å². The molecular formula is C11H22N2O2. The summed E-state index contributed by atoms with van der Waals surface area (Å²) in [5.74, 6) is -0.159. The molecule has 4 heteroatoms. The fourth-order valence-electron chi connectivity index (χ4n) is 1.77. The van der Waals surface area contributed by atoms with E-state index in [2.05, 4.69) is 5.32 Å². The monoisotopic (exact) mass is 214 g/mol. The van der Waals surface area contributed by atoms with Crippen molar-refractivity contribution < 1.29 is 9.90 Å². The molecule has 4 nitrogen and oxygen atoms in total. The summed E-state index contributed by atoms with van der Waals surface area (Å²) in [6.45, 7) is 5.80. The Morgan fingerprint density at radius 3 is 2.47 bits per heavy atom. The average Bonchev–Trinajstić information content (AvgIpc) is 2.49. The Bertz CT molecular complexity index is 235. The molecule has 0 spiro atoms. The summed E-state index contributed by atoms with van der Waals surface area (Å²) >= 11 is 0. The first-order valence-electron chi connectivity index (χ1n) is 5.56. The van der Waals surface area contributed by atoms with Crippen LogP contribution in [0.2, 0.25) is 0 Å². The molecule has 0 aromatic rings. The minimum absolute atomic E-state index is 0.106. The van der Waals surface area contributed by atoms with Crippen LogP contribution in [-0.2, 0) is 4.79 Å². The molecule has 0 aromatic carbocycles. The Morgan fingerprint density at radius 2 is 2.07 bits per heavy atom. The van der Waals surface area contributed by atoms with Gasteiger partial charge in [-0.15, -0.1) is 0 Å². The molecule has 0 radical (unpaired) electrons. The Labute approximate surface area is 91.2 Å². The van der Waals surface area contributed by atoms with Gasteiger partial charge in [0.2, 0.25) is 5.91 Å². The number of nitrogens with one attached hydrogen (secondary N) is 1. The van der Waals surface area contributed by atoms with E-state index in [0.717, 1.165) is 19.3 Å². The van der Waals surface area contributed by atoms with Crippen LogP contribution >= 0.6 is 0 Å².